The topological polar surface area (TPSA) is 82.5 Å². The highest BCUT2D eigenvalue weighted by atomic mass is 32.1. The molecule has 1 aliphatic rings. The van der Waals surface area contributed by atoms with E-state index in [1.165, 1.54) is 11.3 Å². The summed E-state index contributed by atoms with van der Waals surface area (Å²) >= 11 is 1.33. The lowest BCUT2D eigenvalue weighted by atomic mass is 10.1. The molecule has 2 N–H and O–H groups in total. The maximum absolute atomic E-state index is 13.7. The number of carbonyl (C=O) groups excluding carboxylic acids is 2. The Hall–Kier alpha value is -3.00. The van der Waals surface area contributed by atoms with E-state index in [0.717, 1.165) is 54.0 Å². The Kier molecular flexibility index (Phi) is 4.49. The summed E-state index contributed by atoms with van der Waals surface area (Å²) in [6.07, 6.45) is 2.60. The van der Waals surface area contributed by atoms with Gasteiger partial charge in [-0.2, -0.15) is 0 Å². The second-order valence-corrected chi connectivity index (χ2v) is 7.34. The number of thiazole rings is 1. The zero-order valence-corrected chi connectivity index (χ0v) is 15.1. The molecule has 0 bridgehead atoms. The predicted molar refractivity (Wildman–Crippen MR) is 102 cm³/mol. The van der Waals surface area contributed by atoms with Gasteiger partial charge in [0.2, 0.25) is 0 Å². The van der Waals surface area contributed by atoms with E-state index in [1.807, 2.05) is 18.2 Å². The van der Waals surface area contributed by atoms with Crippen LogP contribution in [-0.4, -0.2) is 35.4 Å². The Morgan fingerprint density at radius 3 is 2.81 bits per heavy atom. The minimum absolute atomic E-state index is 0.0635. The molecule has 1 fully saturated rings. The van der Waals surface area contributed by atoms with Gasteiger partial charge in [0.1, 0.15) is 5.52 Å². The van der Waals surface area contributed by atoms with Crippen LogP contribution in [0.25, 0.3) is 10.2 Å². The molecule has 1 aromatic heterocycles. The van der Waals surface area contributed by atoms with Gasteiger partial charge in [0.05, 0.1) is 16.0 Å². The first-order valence-electron chi connectivity index (χ1n) is 8.50. The maximum atomic E-state index is 13.7. The van der Waals surface area contributed by atoms with Crippen LogP contribution >= 0.6 is 11.3 Å². The fourth-order valence-corrected chi connectivity index (χ4v) is 4.09. The summed E-state index contributed by atoms with van der Waals surface area (Å²) in [5, 5.41) is 12.5. The number of benzene rings is 2. The Morgan fingerprint density at radius 1 is 1.30 bits per heavy atom. The number of rotatable bonds is 4. The van der Waals surface area contributed by atoms with Gasteiger partial charge >= 0.3 is 0 Å². The Labute approximate surface area is 158 Å². The number of hydrogen-bond donors (Lipinski definition) is 2. The average Bonchev–Trinajstić information content (AvgIpc) is 3.32. The highest BCUT2D eigenvalue weighted by Crippen LogP contribution is 2.34. The van der Waals surface area contributed by atoms with Crippen molar-refractivity contribution in [3.05, 3.63) is 47.3 Å². The SMILES string of the molecule is O=Cc1cc(C(=O)Nc2nc3c(N4CCCC4)cccc3s2)cc(F)c1O. The van der Waals surface area contributed by atoms with Crippen molar-refractivity contribution in [3.8, 4) is 5.75 Å². The van der Waals surface area contributed by atoms with Crippen LogP contribution in [0.15, 0.2) is 30.3 Å². The Morgan fingerprint density at radius 2 is 2.07 bits per heavy atom. The molecule has 1 aliphatic heterocycles. The number of phenols is 1. The van der Waals surface area contributed by atoms with Crippen LogP contribution < -0.4 is 10.2 Å². The molecule has 1 amide bonds. The van der Waals surface area contributed by atoms with Gasteiger partial charge in [0.25, 0.3) is 5.91 Å². The van der Waals surface area contributed by atoms with Crippen LogP contribution in [0, 0.1) is 5.82 Å². The van der Waals surface area contributed by atoms with Crippen molar-refractivity contribution in [2.24, 2.45) is 0 Å². The number of aldehydes is 1. The Bertz CT molecular complexity index is 1040. The highest BCUT2D eigenvalue weighted by molar-refractivity contribution is 7.22. The standard InChI is InChI=1S/C19H16FN3O3S/c20-13-9-11(8-12(10-24)17(13)25)18(26)22-19-21-16-14(23-6-1-2-7-23)4-3-5-15(16)27-19/h3-5,8-10,25H,1-2,6-7H2,(H,21,22,26). The van der Waals surface area contributed by atoms with Gasteiger partial charge in [-0.3, -0.25) is 14.9 Å². The lowest BCUT2D eigenvalue weighted by Crippen LogP contribution is -2.17. The third-order valence-electron chi connectivity index (χ3n) is 4.55. The van der Waals surface area contributed by atoms with E-state index >= 15 is 0 Å². The summed E-state index contributed by atoms with van der Waals surface area (Å²) in [4.78, 5) is 30.2. The molecule has 0 saturated carbocycles. The van der Waals surface area contributed by atoms with Crippen molar-refractivity contribution in [1.29, 1.82) is 0 Å². The monoisotopic (exact) mass is 385 g/mol. The van der Waals surface area contributed by atoms with Gasteiger partial charge < -0.3 is 10.0 Å². The average molecular weight is 385 g/mol. The van der Waals surface area contributed by atoms with E-state index < -0.39 is 17.5 Å². The number of nitrogens with one attached hydrogen (secondary N) is 1. The number of carbonyl (C=O) groups is 2. The molecule has 1 saturated heterocycles. The van der Waals surface area contributed by atoms with Crippen LogP contribution in [-0.2, 0) is 0 Å². The van der Waals surface area contributed by atoms with Crippen molar-refractivity contribution in [2.45, 2.75) is 12.8 Å². The molecule has 0 radical (unpaired) electrons. The van der Waals surface area contributed by atoms with Crippen molar-refractivity contribution in [3.63, 3.8) is 0 Å². The van der Waals surface area contributed by atoms with Crippen molar-refractivity contribution in [2.75, 3.05) is 23.3 Å². The molecule has 6 nitrogen and oxygen atoms in total. The second kappa shape index (κ2) is 6.96. The normalized spacial score (nSPS) is 13.9. The third kappa shape index (κ3) is 3.23. The van der Waals surface area contributed by atoms with E-state index in [9.17, 15) is 19.1 Å². The van der Waals surface area contributed by atoms with Gasteiger partial charge in [-0.15, -0.1) is 0 Å². The van der Waals surface area contributed by atoms with Gasteiger partial charge in [-0.25, -0.2) is 9.37 Å². The lowest BCUT2D eigenvalue weighted by Gasteiger charge is -2.17. The van der Waals surface area contributed by atoms with Crippen LogP contribution in [0.3, 0.4) is 0 Å². The molecule has 138 valence electrons. The second-order valence-electron chi connectivity index (χ2n) is 6.30. The van der Waals surface area contributed by atoms with E-state index in [-0.39, 0.29) is 11.1 Å². The van der Waals surface area contributed by atoms with Gasteiger partial charge in [-0.05, 0) is 37.1 Å². The first-order valence-corrected chi connectivity index (χ1v) is 9.32. The van der Waals surface area contributed by atoms with Crippen molar-refractivity contribution >= 4 is 44.6 Å². The van der Waals surface area contributed by atoms with Crippen molar-refractivity contribution < 1.29 is 19.1 Å². The van der Waals surface area contributed by atoms with E-state index in [1.54, 1.807) is 0 Å². The fourth-order valence-electron chi connectivity index (χ4n) is 3.21. The minimum atomic E-state index is -1.02. The van der Waals surface area contributed by atoms with E-state index in [2.05, 4.69) is 15.2 Å². The number of fused-ring (bicyclic) bond motifs is 1. The fraction of sp³-hybridized carbons (Fsp3) is 0.211. The minimum Gasteiger partial charge on any atom is -0.504 e. The number of amides is 1. The molecule has 0 aliphatic carbocycles. The molecular formula is C19H16FN3O3S. The largest absolute Gasteiger partial charge is 0.504 e. The zero-order chi connectivity index (χ0) is 19.0. The molecule has 0 spiro atoms. The smallest absolute Gasteiger partial charge is 0.257 e. The lowest BCUT2D eigenvalue weighted by molar-refractivity contribution is 0.102. The summed E-state index contributed by atoms with van der Waals surface area (Å²) in [5.41, 5.74) is 1.53. The quantitative estimate of drug-likeness (QED) is 0.668. The van der Waals surface area contributed by atoms with Gasteiger partial charge in [-0.1, -0.05) is 17.4 Å². The molecule has 0 unspecified atom stereocenters. The number of nitrogens with zero attached hydrogens (tertiary/aromatic N) is 2. The van der Waals surface area contributed by atoms with Crippen LogP contribution in [0.1, 0.15) is 33.6 Å². The van der Waals surface area contributed by atoms with Crippen molar-refractivity contribution in [1.82, 2.24) is 4.98 Å². The van der Waals surface area contributed by atoms with Crippen LogP contribution in [0.5, 0.6) is 5.75 Å². The molecule has 2 heterocycles. The first kappa shape index (κ1) is 17.4. The number of anilines is 2. The number of hydrogen-bond acceptors (Lipinski definition) is 6. The third-order valence-corrected chi connectivity index (χ3v) is 5.48. The molecule has 4 rings (SSSR count). The molecule has 0 atom stereocenters. The number of aromatic nitrogens is 1. The number of aromatic hydroxyl groups is 1. The van der Waals surface area contributed by atoms with Gasteiger partial charge in [0, 0.05) is 18.7 Å². The summed E-state index contributed by atoms with van der Waals surface area (Å²) < 4.78 is 14.7. The summed E-state index contributed by atoms with van der Waals surface area (Å²) in [7, 11) is 0. The molecule has 8 heteroatoms. The van der Waals surface area contributed by atoms with E-state index in [4.69, 9.17) is 0 Å². The first-order chi connectivity index (χ1) is 13.1. The molecular weight excluding hydrogens is 369 g/mol. The van der Waals surface area contributed by atoms with E-state index in [0.29, 0.717) is 11.4 Å². The van der Waals surface area contributed by atoms with Gasteiger partial charge in [0.15, 0.2) is 23.0 Å². The predicted octanol–water partition coefficient (Wildman–Crippen LogP) is 3.81. The Balaban J connectivity index is 1.64. The van der Waals surface area contributed by atoms with Crippen LogP contribution in [0.4, 0.5) is 15.2 Å². The molecule has 27 heavy (non-hydrogen) atoms. The maximum Gasteiger partial charge on any atom is 0.257 e. The summed E-state index contributed by atoms with van der Waals surface area (Å²) in [6, 6.07) is 7.95. The highest BCUT2D eigenvalue weighted by Gasteiger charge is 2.19. The number of para-hydroxylation sites is 1. The molecule has 3 aromatic rings. The number of phenolic OH excluding ortho intramolecular Hbond substituents is 1. The summed E-state index contributed by atoms with van der Waals surface area (Å²) in [6.45, 7) is 1.97. The van der Waals surface area contributed by atoms with Crippen LogP contribution in [0.2, 0.25) is 0 Å². The number of halogens is 1. The molecule has 2 aromatic carbocycles. The zero-order valence-electron chi connectivity index (χ0n) is 14.2. The summed E-state index contributed by atoms with van der Waals surface area (Å²) in [5.74, 6) is -2.39.